The standard InChI is InChI=1S/C20H35NOS/c1-2-3-4-5-6-7-8-9-10-11-17-22-19-12-14-20(15-13-19)23-18-16-21/h12-15H,2-11,16-18,21H2,1H3. The molecule has 0 spiro atoms. The number of hydrogen-bond acceptors (Lipinski definition) is 3. The fourth-order valence-corrected chi connectivity index (χ4v) is 3.27. The highest BCUT2D eigenvalue weighted by Gasteiger charge is 1.97. The third kappa shape index (κ3) is 11.5. The first kappa shape index (κ1) is 20.4. The van der Waals surface area contributed by atoms with E-state index in [1.165, 1.54) is 69.1 Å². The van der Waals surface area contributed by atoms with Crippen molar-refractivity contribution in [3.8, 4) is 5.75 Å². The van der Waals surface area contributed by atoms with Crippen molar-refractivity contribution in [2.75, 3.05) is 18.9 Å². The van der Waals surface area contributed by atoms with Gasteiger partial charge >= 0.3 is 0 Å². The van der Waals surface area contributed by atoms with Gasteiger partial charge in [-0.1, -0.05) is 64.7 Å². The lowest BCUT2D eigenvalue weighted by atomic mass is 10.1. The monoisotopic (exact) mass is 337 g/mol. The summed E-state index contributed by atoms with van der Waals surface area (Å²) in [6.45, 7) is 3.84. The van der Waals surface area contributed by atoms with Crippen molar-refractivity contribution in [1.82, 2.24) is 0 Å². The van der Waals surface area contributed by atoms with Gasteiger partial charge in [-0.15, -0.1) is 11.8 Å². The summed E-state index contributed by atoms with van der Waals surface area (Å²) in [5.41, 5.74) is 5.51. The number of thioether (sulfide) groups is 1. The lowest BCUT2D eigenvalue weighted by molar-refractivity contribution is 0.304. The van der Waals surface area contributed by atoms with E-state index in [1.807, 2.05) is 0 Å². The van der Waals surface area contributed by atoms with Crippen LogP contribution in [0.1, 0.15) is 71.1 Å². The van der Waals surface area contributed by atoms with Crippen LogP contribution in [0.5, 0.6) is 5.75 Å². The van der Waals surface area contributed by atoms with Crippen molar-refractivity contribution in [2.24, 2.45) is 5.73 Å². The molecule has 1 aromatic rings. The minimum absolute atomic E-state index is 0.724. The molecule has 1 aromatic carbocycles. The van der Waals surface area contributed by atoms with E-state index in [4.69, 9.17) is 10.5 Å². The molecule has 3 heteroatoms. The predicted molar refractivity (Wildman–Crippen MR) is 104 cm³/mol. The zero-order valence-corrected chi connectivity index (χ0v) is 15.7. The van der Waals surface area contributed by atoms with E-state index < -0.39 is 0 Å². The maximum Gasteiger partial charge on any atom is 0.119 e. The Morgan fingerprint density at radius 2 is 1.39 bits per heavy atom. The van der Waals surface area contributed by atoms with Crippen molar-refractivity contribution >= 4 is 11.8 Å². The maximum absolute atomic E-state index is 5.80. The van der Waals surface area contributed by atoms with Gasteiger partial charge in [0.05, 0.1) is 6.61 Å². The van der Waals surface area contributed by atoms with E-state index in [1.54, 1.807) is 11.8 Å². The molecule has 2 N–H and O–H groups in total. The van der Waals surface area contributed by atoms with Crippen LogP contribution in [0.25, 0.3) is 0 Å². The molecular formula is C20H35NOS. The minimum Gasteiger partial charge on any atom is -0.494 e. The first-order valence-corrected chi connectivity index (χ1v) is 10.4. The second kappa shape index (κ2) is 14.9. The lowest BCUT2D eigenvalue weighted by Gasteiger charge is -2.07. The average Bonchev–Trinajstić information content (AvgIpc) is 2.59. The molecule has 0 amide bonds. The summed E-state index contributed by atoms with van der Waals surface area (Å²) in [4.78, 5) is 1.27. The van der Waals surface area contributed by atoms with Crippen molar-refractivity contribution in [3.63, 3.8) is 0 Å². The van der Waals surface area contributed by atoms with Crippen LogP contribution in [0.4, 0.5) is 0 Å². The van der Waals surface area contributed by atoms with Gasteiger partial charge in [-0.3, -0.25) is 0 Å². The molecule has 132 valence electrons. The lowest BCUT2D eigenvalue weighted by Crippen LogP contribution is -2.00. The molecule has 0 aliphatic rings. The first-order valence-electron chi connectivity index (χ1n) is 9.42. The van der Waals surface area contributed by atoms with Gasteiger partial charge < -0.3 is 10.5 Å². The van der Waals surface area contributed by atoms with Crippen LogP contribution in [0.2, 0.25) is 0 Å². The van der Waals surface area contributed by atoms with Crippen LogP contribution in [0.15, 0.2) is 29.2 Å². The van der Waals surface area contributed by atoms with Crippen LogP contribution in [-0.2, 0) is 0 Å². The Morgan fingerprint density at radius 3 is 1.96 bits per heavy atom. The number of hydrogen-bond donors (Lipinski definition) is 1. The fraction of sp³-hybridized carbons (Fsp3) is 0.700. The van der Waals surface area contributed by atoms with E-state index in [0.29, 0.717) is 0 Å². The quantitative estimate of drug-likeness (QED) is 0.313. The SMILES string of the molecule is CCCCCCCCCCCCOc1ccc(SCCN)cc1. The molecule has 1 rings (SSSR count). The molecular weight excluding hydrogens is 302 g/mol. The van der Waals surface area contributed by atoms with Crippen LogP contribution in [0, 0.1) is 0 Å². The zero-order valence-electron chi connectivity index (χ0n) is 14.9. The van der Waals surface area contributed by atoms with E-state index in [9.17, 15) is 0 Å². The zero-order chi connectivity index (χ0) is 16.6. The average molecular weight is 338 g/mol. The highest BCUT2D eigenvalue weighted by molar-refractivity contribution is 7.99. The van der Waals surface area contributed by atoms with E-state index in [2.05, 4.69) is 31.2 Å². The van der Waals surface area contributed by atoms with Gasteiger partial charge in [0, 0.05) is 17.2 Å². The molecule has 2 nitrogen and oxygen atoms in total. The van der Waals surface area contributed by atoms with Gasteiger partial charge in [-0.25, -0.2) is 0 Å². The van der Waals surface area contributed by atoms with Crippen LogP contribution < -0.4 is 10.5 Å². The molecule has 0 aromatic heterocycles. The Labute approximate surface area is 147 Å². The Bertz CT molecular complexity index is 366. The first-order chi connectivity index (χ1) is 11.4. The molecule has 0 heterocycles. The molecule has 0 saturated carbocycles. The van der Waals surface area contributed by atoms with Gasteiger partial charge in [0.15, 0.2) is 0 Å². The predicted octanol–water partition coefficient (Wildman–Crippen LogP) is 6.04. The summed E-state index contributed by atoms with van der Waals surface area (Å²) in [5.74, 6) is 1.96. The van der Waals surface area contributed by atoms with Crippen LogP contribution in [-0.4, -0.2) is 18.9 Å². The summed E-state index contributed by atoms with van der Waals surface area (Å²) >= 11 is 1.79. The smallest absolute Gasteiger partial charge is 0.119 e. The molecule has 0 radical (unpaired) electrons. The molecule has 0 aliphatic carbocycles. The van der Waals surface area contributed by atoms with Gasteiger partial charge in [0.2, 0.25) is 0 Å². The van der Waals surface area contributed by atoms with Crippen LogP contribution >= 0.6 is 11.8 Å². The molecule has 0 fully saturated rings. The molecule has 0 aliphatic heterocycles. The number of nitrogens with two attached hydrogens (primary N) is 1. The summed E-state index contributed by atoms with van der Waals surface area (Å²) in [7, 11) is 0. The molecule has 23 heavy (non-hydrogen) atoms. The van der Waals surface area contributed by atoms with Gasteiger partial charge in [0.25, 0.3) is 0 Å². The summed E-state index contributed by atoms with van der Waals surface area (Å²) in [5, 5.41) is 0. The Morgan fingerprint density at radius 1 is 0.826 bits per heavy atom. The van der Waals surface area contributed by atoms with Crippen molar-refractivity contribution in [2.45, 2.75) is 76.0 Å². The molecule has 0 atom stereocenters. The third-order valence-corrected chi connectivity index (χ3v) is 5.02. The van der Waals surface area contributed by atoms with E-state index >= 15 is 0 Å². The Hall–Kier alpha value is -0.670. The summed E-state index contributed by atoms with van der Waals surface area (Å²) in [6, 6.07) is 8.37. The summed E-state index contributed by atoms with van der Waals surface area (Å²) in [6.07, 6.45) is 13.6. The topological polar surface area (TPSA) is 35.2 Å². The number of unbranched alkanes of at least 4 members (excludes halogenated alkanes) is 9. The highest BCUT2D eigenvalue weighted by Crippen LogP contribution is 2.21. The normalized spacial score (nSPS) is 10.9. The Kier molecular flexibility index (Phi) is 13.2. The van der Waals surface area contributed by atoms with Gasteiger partial charge in [0.1, 0.15) is 5.75 Å². The largest absolute Gasteiger partial charge is 0.494 e. The molecule has 0 saturated heterocycles. The van der Waals surface area contributed by atoms with Gasteiger partial charge in [-0.2, -0.15) is 0 Å². The third-order valence-electron chi connectivity index (χ3n) is 3.98. The second-order valence-corrected chi connectivity index (χ2v) is 7.31. The van der Waals surface area contributed by atoms with E-state index in [0.717, 1.165) is 24.7 Å². The minimum atomic E-state index is 0.724. The van der Waals surface area contributed by atoms with E-state index in [-0.39, 0.29) is 0 Å². The second-order valence-electron chi connectivity index (χ2n) is 6.14. The number of benzene rings is 1. The van der Waals surface area contributed by atoms with Crippen molar-refractivity contribution in [3.05, 3.63) is 24.3 Å². The highest BCUT2D eigenvalue weighted by atomic mass is 32.2. The van der Waals surface area contributed by atoms with Crippen molar-refractivity contribution < 1.29 is 4.74 Å². The molecule has 0 bridgehead atoms. The fourth-order valence-electron chi connectivity index (χ4n) is 2.59. The van der Waals surface area contributed by atoms with Gasteiger partial charge in [-0.05, 0) is 30.7 Å². The van der Waals surface area contributed by atoms with Crippen molar-refractivity contribution in [1.29, 1.82) is 0 Å². The molecule has 0 unspecified atom stereocenters. The maximum atomic E-state index is 5.80. The number of ether oxygens (including phenoxy) is 1. The Balaban J connectivity index is 1.92. The number of rotatable bonds is 15. The summed E-state index contributed by atoms with van der Waals surface area (Å²) < 4.78 is 5.80. The van der Waals surface area contributed by atoms with Crippen LogP contribution in [0.3, 0.4) is 0 Å².